The van der Waals surface area contributed by atoms with Crippen molar-refractivity contribution in [3.05, 3.63) is 102 Å². The number of carbonyl (C=O) groups excluding carboxylic acids is 3. The van der Waals surface area contributed by atoms with Gasteiger partial charge < -0.3 is 14.5 Å². The van der Waals surface area contributed by atoms with Crippen molar-refractivity contribution in [2.24, 2.45) is 5.92 Å². The van der Waals surface area contributed by atoms with Crippen molar-refractivity contribution < 1.29 is 23.6 Å². The molecule has 3 saturated heterocycles. The predicted octanol–water partition coefficient (Wildman–Crippen LogP) is 5.12. The molecule has 196 valence electrons. The summed E-state index contributed by atoms with van der Waals surface area (Å²) < 4.78 is 6.93. The van der Waals surface area contributed by atoms with Gasteiger partial charge in [0.2, 0.25) is 5.78 Å². The lowest BCUT2D eigenvalue weighted by Crippen LogP contribution is -2.65. The number of fused-ring (bicyclic) bond motifs is 3. The van der Waals surface area contributed by atoms with E-state index < -0.39 is 5.92 Å². The summed E-state index contributed by atoms with van der Waals surface area (Å²) in [5, 5.41) is 3.33. The molecule has 3 heterocycles. The highest BCUT2D eigenvalue weighted by Crippen LogP contribution is 2.36. The Morgan fingerprint density at radius 2 is 1.53 bits per heavy atom. The third kappa shape index (κ3) is 5.70. The number of nitrogens with zero attached hydrogens (tertiary/aromatic N) is 1. The maximum atomic E-state index is 13.7. The molecule has 3 aliphatic rings. The molecule has 0 spiro atoms. The standard InChI is InChI=1S/C32H34N2O4/c1-23(35)27-14-8-9-15-29(27)33-20-28(24-10-4-2-5-11-24)32(37)38-31-22-34(18-16-26(31)17-19-34)21-30(36)25-12-6-3-7-13-25/h2-15,26,28,31H,16-22H2,1H3/p+1/t26?,28-,31+,34?/m1/s1. The lowest BCUT2D eigenvalue weighted by Gasteiger charge is -2.51. The third-order valence-electron chi connectivity index (χ3n) is 8.17. The Kier molecular flexibility index (Phi) is 7.70. The summed E-state index contributed by atoms with van der Waals surface area (Å²) in [6.45, 7) is 4.87. The number of ketones is 2. The van der Waals surface area contributed by atoms with Crippen LogP contribution in [0.1, 0.15) is 52.0 Å². The zero-order chi connectivity index (χ0) is 26.5. The Bertz CT molecular complexity index is 1280. The Balaban J connectivity index is 1.30. The topological polar surface area (TPSA) is 72.5 Å². The van der Waals surface area contributed by atoms with Crippen molar-refractivity contribution in [2.75, 3.05) is 38.0 Å². The number of hydrogen-bond donors (Lipinski definition) is 1. The van der Waals surface area contributed by atoms with Gasteiger partial charge in [0, 0.05) is 42.1 Å². The van der Waals surface area contributed by atoms with Crippen LogP contribution in [0.4, 0.5) is 5.69 Å². The van der Waals surface area contributed by atoms with E-state index in [0.29, 0.717) is 41.3 Å². The van der Waals surface area contributed by atoms with Crippen LogP contribution < -0.4 is 5.32 Å². The van der Waals surface area contributed by atoms with Crippen molar-refractivity contribution >= 4 is 23.2 Å². The van der Waals surface area contributed by atoms with Crippen LogP contribution in [0, 0.1) is 5.92 Å². The van der Waals surface area contributed by atoms with Crippen molar-refractivity contribution in [2.45, 2.75) is 31.8 Å². The molecule has 0 radical (unpaired) electrons. The number of carbonyl (C=O) groups is 3. The number of esters is 1. The van der Waals surface area contributed by atoms with Crippen molar-refractivity contribution in [1.82, 2.24) is 0 Å². The first kappa shape index (κ1) is 25.9. The van der Waals surface area contributed by atoms with Gasteiger partial charge in [-0.2, -0.15) is 0 Å². The second kappa shape index (κ2) is 11.3. The van der Waals surface area contributed by atoms with E-state index in [4.69, 9.17) is 4.74 Å². The molecule has 6 rings (SSSR count). The predicted molar refractivity (Wildman–Crippen MR) is 147 cm³/mol. The summed E-state index contributed by atoms with van der Waals surface area (Å²) in [6.07, 6.45) is 1.71. The SMILES string of the molecule is CC(=O)c1ccccc1NC[C@@H](C(=O)O[C@H]1C[N+]2(CC(=O)c3ccccc3)CCC1CC2)c1ccccc1. The molecule has 3 fully saturated rings. The first-order valence-electron chi connectivity index (χ1n) is 13.5. The lowest BCUT2D eigenvalue weighted by atomic mass is 9.82. The van der Waals surface area contributed by atoms with Gasteiger partial charge in [-0.1, -0.05) is 72.8 Å². The van der Waals surface area contributed by atoms with Gasteiger partial charge in [0.05, 0.1) is 19.0 Å². The van der Waals surface area contributed by atoms with Gasteiger partial charge in [-0.25, -0.2) is 0 Å². The summed E-state index contributed by atoms with van der Waals surface area (Å²) >= 11 is 0. The first-order chi connectivity index (χ1) is 18.4. The second-order valence-electron chi connectivity index (χ2n) is 10.7. The molecular weight excluding hydrogens is 476 g/mol. The highest BCUT2D eigenvalue weighted by atomic mass is 16.5. The van der Waals surface area contributed by atoms with E-state index in [1.807, 2.05) is 78.9 Å². The van der Waals surface area contributed by atoms with E-state index in [1.165, 1.54) is 6.92 Å². The Morgan fingerprint density at radius 3 is 2.21 bits per heavy atom. The van der Waals surface area contributed by atoms with E-state index in [0.717, 1.165) is 37.1 Å². The number of para-hydroxylation sites is 1. The van der Waals surface area contributed by atoms with Gasteiger partial charge in [0.25, 0.3) is 0 Å². The van der Waals surface area contributed by atoms with Gasteiger partial charge in [-0.3, -0.25) is 14.4 Å². The summed E-state index contributed by atoms with van der Waals surface area (Å²) in [5.41, 5.74) is 2.91. The maximum Gasteiger partial charge on any atom is 0.315 e. The monoisotopic (exact) mass is 511 g/mol. The maximum absolute atomic E-state index is 13.7. The van der Waals surface area contributed by atoms with E-state index >= 15 is 0 Å². The van der Waals surface area contributed by atoms with Crippen LogP contribution >= 0.6 is 0 Å². The molecule has 0 unspecified atom stereocenters. The average molecular weight is 512 g/mol. The fourth-order valence-electron chi connectivity index (χ4n) is 6.01. The summed E-state index contributed by atoms with van der Waals surface area (Å²) in [4.78, 5) is 38.8. The smallest absolute Gasteiger partial charge is 0.315 e. The minimum atomic E-state index is -0.522. The van der Waals surface area contributed by atoms with Gasteiger partial charge in [0.1, 0.15) is 13.1 Å². The number of Topliss-reactive ketones (excluding diaryl/α,β-unsaturated/α-hetero) is 2. The summed E-state index contributed by atoms with van der Waals surface area (Å²) in [7, 11) is 0. The van der Waals surface area contributed by atoms with E-state index in [9.17, 15) is 14.4 Å². The van der Waals surface area contributed by atoms with Crippen LogP contribution in [0.3, 0.4) is 0 Å². The third-order valence-corrected chi connectivity index (χ3v) is 8.17. The van der Waals surface area contributed by atoms with Crippen molar-refractivity contribution in [3.8, 4) is 0 Å². The molecule has 0 amide bonds. The van der Waals surface area contributed by atoms with Crippen LogP contribution in [0.2, 0.25) is 0 Å². The van der Waals surface area contributed by atoms with E-state index in [-0.39, 0.29) is 23.6 Å². The molecule has 1 N–H and O–H groups in total. The summed E-state index contributed by atoms with van der Waals surface area (Å²) in [5.74, 6) is -0.347. The number of rotatable bonds is 10. The van der Waals surface area contributed by atoms with Crippen LogP contribution in [0.5, 0.6) is 0 Å². The van der Waals surface area contributed by atoms with Crippen LogP contribution in [-0.2, 0) is 9.53 Å². The first-order valence-corrected chi connectivity index (χ1v) is 13.5. The number of benzene rings is 3. The highest BCUT2D eigenvalue weighted by molar-refractivity contribution is 5.99. The Hall–Kier alpha value is -3.77. The highest BCUT2D eigenvalue weighted by Gasteiger charge is 2.49. The molecule has 0 aromatic heterocycles. The minimum absolute atomic E-state index is 0.0294. The summed E-state index contributed by atoms with van der Waals surface area (Å²) in [6, 6.07) is 26.4. The molecule has 38 heavy (non-hydrogen) atoms. The average Bonchev–Trinajstić information content (AvgIpc) is 2.95. The molecule has 3 aromatic carbocycles. The fraction of sp³-hybridized carbons (Fsp3) is 0.344. The fourth-order valence-corrected chi connectivity index (χ4v) is 6.01. The van der Waals surface area contributed by atoms with Crippen LogP contribution in [0.15, 0.2) is 84.9 Å². The zero-order valence-electron chi connectivity index (χ0n) is 21.8. The Labute approximate surface area is 224 Å². The van der Waals surface area contributed by atoms with Crippen LogP contribution in [0.25, 0.3) is 0 Å². The Morgan fingerprint density at radius 1 is 0.895 bits per heavy atom. The molecule has 3 aromatic rings. The lowest BCUT2D eigenvalue weighted by molar-refractivity contribution is -0.938. The van der Waals surface area contributed by atoms with Crippen molar-refractivity contribution in [3.63, 3.8) is 0 Å². The van der Waals surface area contributed by atoms with Gasteiger partial charge in [-0.15, -0.1) is 0 Å². The number of quaternary nitrogens is 1. The van der Waals surface area contributed by atoms with Gasteiger partial charge in [-0.05, 0) is 24.6 Å². The molecule has 6 heteroatoms. The number of piperidine rings is 3. The number of hydrogen-bond acceptors (Lipinski definition) is 5. The number of nitrogens with one attached hydrogen (secondary N) is 1. The molecule has 3 aliphatic heterocycles. The molecule has 0 saturated carbocycles. The molecule has 0 aliphatic carbocycles. The molecule has 2 bridgehead atoms. The van der Waals surface area contributed by atoms with E-state index in [1.54, 1.807) is 6.07 Å². The normalized spacial score (nSPS) is 22.9. The van der Waals surface area contributed by atoms with Crippen molar-refractivity contribution in [1.29, 1.82) is 0 Å². The van der Waals surface area contributed by atoms with Gasteiger partial charge >= 0.3 is 5.97 Å². The molecule has 6 nitrogen and oxygen atoms in total. The van der Waals surface area contributed by atoms with Gasteiger partial charge in [0.15, 0.2) is 11.9 Å². The largest absolute Gasteiger partial charge is 0.456 e. The van der Waals surface area contributed by atoms with E-state index in [2.05, 4.69) is 5.32 Å². The van der Waals surface area contributed by atoms with Crippen LogP contribution in [-0.4, -0.2) is 60.8 Å². The molecule has 2 atom stereocenters. The number of ether oxygens (including phenoxy) is 1. The quantitative estimate of drug-likeness (QED) is 0.232. The number of anilines is 1. The minimum Gasteiger partial charge on any atom is -0.456 e. The molecular formula is C32H35N2O4+. The second-order valence-corrected chi connectivity index (χ2v) is 10.7. The zero-order valence-corrected chi connectivity index (χ0v) is 21.8.